The summed E-state index contributed by atoms with van der Waals surface area (Å²) in [5.41, 5.74) is -0.956. The van der Waals surface area contributed by atoms with E-state index in [1.54, 1.807) is 0 Å². The van der Waals surface area contributed by atoms with Crippen LogP contribution in [-0.2, 0) is 4.79 Å². The molecular weight excluding hydrogens is 183 g/mol. The molecule has 0 aliphatic rings. The molecule has 0 spiro atoms. The quantitative estimate of drug-likeness (QED) is 0.516. The summed E-state index contributed by atoms with van der Waals surface area (Å²) < 4.78 is 35.5. The number of allylic oxidation sites excluding steroid dienone is 1. The average Bonchev–Trinajstić information content (AvgIpc) is 1.99. The molecule has 1 N–H and O–H groups in total. The predicted molar refractivity (Wildman–Crippen MR) is 41.7 cm³/mol. The Morgan fingerprint density at radius 1 is 1.62 bits per heavy atom. The van der Waals surface area contributed by atoms with Gasteiger partial charge >= 0.3 is 6.18 Å². The number of hydrogen-bond donors (Lipinski definition) is 1. The SMILES string of the molecule is C#CCNC(=O)/C=C(\C)C(F)(F)F. The van der Waals surface area contributed by atoms with Gasteiger partial charge in [0, 0.05) is 11.6 Å². The lowest BCUT2D eigenvalue weighted by Gasteiger charge is -2.05. The van der Waals surface area contributed by atoms with Crippen molar-refractivity contribution in [2.45, 2.75) is 13.1 Å². The van der Waals surface area contributed by atoms with Crippen molar-refractivity contribution in [2.75, 3.05) is 6.54 Å². The number of carbonyl (C=O) groups excluding carboxylic acids is 1. The molecule has 13 heavy (non-hydrogen) atoms. The van der Waals surface area contributed by atoms with Crippen molar-refractivity contribution < 1.29 is 18.0 Å². The zero-order chi connectivity index (χ0) is 10.5. The zero-order valence-electron chi connectivity index (χ0n) is 6.90. The Labute approximate surface area is 73.8 Å². The Balaban J connectivity index is 4.25. The molecule has 0 aromatic heterocycles. The van der Waals surface area contributed by atoms with E-state index < -0.39 is 17.7 Å². The number of nitrogens with one attached hydrogen (secondary N) is 1. The van der Waals surface area contributed by atoms with E-state index in [0.717, 1.165) is 6.92 Å². The fourth-order valence-corrected chi connectivity index (χ4v) is 0.468. The van der Waals surface area contributed by atoms with Gasteiger partial charge in [0.2, 0.25) is 5.91 Å². The van der Waals surface area contributed by atoms with E-state index in [1.165, 1.54) is 0 Å². The molecule has 0 aromatic carbocycles. The summed E-state index contributed by atoms with van der Waals surface area (Å²) in [5.74, 6) is 1.23. The summed E-state index contributed by atoms with van der Waals surface area (Å²) in [5, 5.41) is 2.08. The minimum Gasteiger partial charge on any atom is -0.342 e. The molecule has 0 aliphatic carbocycles. The summed E-state index contributed by atoms with van der Waals surface area (Å²) in [4.78, 5) is 10.7. The average molecular weight is 191 g/mol. The Morgan fingerprint density at radius 2 is 2.15 bits per heavy atom. The van der Waals surface area contributed by atoms with Crippen LogP contribution in [0, 0.1) is 12.3 Å². The van der Waals surface area contributed by atoms with Crippen LogP contribution in [0.4, 0.5) is 13.2 Å². The van der Waals surface area contributed by atoms with Crippen molar-refractivity contribution in [1.29, 1.82) is 0 Å². The van der Waals surface area contributed by atoms with Crippen molar-refractivity contribution in [1.82, 2.24) is 5.32 Å². The molecule has 1 amide bonds. The van der Waals surface area contributed by atoms with E-state index >= 15 is 0 Å². The van der Waals surface area contributed by atoms with Crippen molar-refractivity contribution >= 4 is 5.91 Å². The second kappa shape index (κ2) is 4.55. The van der Waals surface area contributed by atoms with Crippen LogP contribution in [0.15, 0.2) is 11.6 Å². The van der Waals surface area contributed by atoms with Crippen LogP contribution in [0.5, 0.6) is 0 Å². The van der Waals surface area contributed by atoms with Crippen LogP contribution in [-0.4, -0.2) is 18.6 Å². The van der Waals surface area contributed by atoms with E-state index in [0.29, 0.717) is 6.08 Å². The number of hydrogen-bond acceptors (Lipinski definition) is 1. The van der Waals surface area contributed by atoms with Crippen molar-refractivity contribution in [3.63, 3.8) is 0 Å². The fraction of sp³-hybridized carbons (Fsp3) is 0.375. The Hall–Kier alpha value is -1.44. The van der Waals surface area contributed by atoms with Gasteiger partial charge in [-0.25, -0.2) is 0 Å². The molecule has 0 heterocycles. The number of terminal acetylenes is 1. The summed E-state index contributed by atoms with van der Waals surface area (Å²) >= 11 is 0. The maximum absolute atomic E-state index is 11.8. The van der Waals surface area contributed by atoms with Gasteiger partial charge in [0.25, 0.3) is 0 Å². The molecule has 72 valence electrons. The fourth-order valence-electron chi connectivity index (χ4n) is 0.468. The number of alkyl halides is 3. The molecule has 5 heteroatoms. The van der Waals surface area contributed by atoms with Crippen LogP contribution >= 0.6 is 0 Å². The predicted octanol–water partition coefficient (Wildman–Crippen LogP) is 1.24. The summed E-state index contributed by atoms with van der Waals surface area (Å²) in [6.07, 6.45) is 0.791. The minimum atomic E-state index is -4.46. The molecule has 0 unspecified atom stereocenters. The van der Waals surface area contributed by atoms with Gasteiger partial charge in [-0.05, 0) is 6.92 Å². The monoisotopic (exact) mass is 191 g/mol. The first-order chi connectivity index (χ1) is 5.88. The number of rotatable bonds is 2. The van der Waals surface area contributed by atoms with Gasteiger partial charge in [-0.1, -0.05) is 5.92 Å². The number of carbonyl (C=O) groups is 1. The molecule has 0 aliphatic heterocycles. The van der Waals surface area contributed by atoms with E-state index in [4.69, 9.17) is 6.42 Å². The second-order valence-electron chi connectivity index (χ2n) is 2.25. The molecule has 0 aromatic rings. The largest absolute Gasteiger partial charge is 0.412 e. The first kappa shape index (κ1) is 11.6. The lowest BCUT2D eigenvalue weighted by atomic mass is 10.2. The minimum absolute atomic E-state index is 0.0829. The van der Waals surface area contributed by atoms with Gasteiger partial charge < -0.3 is 5.32 Å². The van der Waals surface area contributed by atoms with E-state index in [2.05, 4.69) is 11.2 Å². The Bertz CT molecular complexity index is 260. The van der Waals surface area contributed by atoms with Gasteiger partial charge in [0.15, 0.2) is 0 Å². The highest BCUT2D eigenvalue weighted by molar-refractivity contribution is 5.88. The van der Waals surface area contributed by atoms with Crippen molar-refractivity contribution in [2.24, 2.45) is 0 Å². The smallest absolute Gasteiger partial charge is 0.342 e. The maximum atomic E-state index is 11.8. The first-order valence-corrected chi connectivity index (χ1v) is 3.34. The van der Waals surface area contributed by atoms with Crippen molar-refractivity contribution in [3.05, 3.63) is 11.6 Å². The normalized spacial score (nSPS) is 12.1. The molecule has 0 radical (unpaired) electrons. The number of amides is 1. The molecule has 0 rings (SSSR count). The molecule has 0 saturated heterocycles. The number of halogens is 3. The van der Waals surface area contributed by atoms with Gasteiger partial charge in [-0.2, -0.15) is 13.2 Å². The zero-order valence-corrected chi connectivity index (χ0v) is 6.90. The van der Waals surface area contributed by atoms with Gasteiger partial charge in [0.1, 0.15) is 0 Å². The third-order valence-corrected chi connectivity index (χ3v) is 1.16. The summed E-state index contributed by atoms with van der Waals surface area (Å²) in [7, 11) is 0. The summed E-state index contributed by atoms with van der Waals surface area (Å²) in [6.45, 7) is 0.732. The van der Waals surface area contributed by atoms with E-state index in [-0.39, 0.29) is 6.54 Å². The van der Waals surface area contributed by atoms with E-state index in [9.17, 15) is 18.0 Å². The molecule has 0 saturated carbocycles. The van der Waals surface area contributed by atoms with Crippen molar-refractivity contribution in [3.8, 4) is 12.3 Å². The molecular formula is C8H8F3NO. The lowest BCUT2D eigenvalue weighted by Crippen LogP contribution is -2.23. The highest BCUT2D eigenvalue weighted by Crippen LogP contribution is 2.24. The molecule has 2 nitrogen and oxygen atoms in total. The second-order valence-corrected chi connectivity index (χ2v) is 2.25. The van der Waals surface area contributed by atoms with Crippen LogP contribution in [0.25, 0.3) is 0 Å². The first-order valence-electron chi connectivity index (χ1n) is 3.34. The molecule has 0 bridgehead atoms. The third kappa shape index (κ3) is 4.90. The van der Waals surface area contributed by atoms with E-state index in [1.807, 2.05) is 0 Å². The Kier molecular flexibility index (Phi) is 4.05. The Morgan fingerprint density at radius 3 is 2.54 bits per heavy atom. The highest BCUT2D eigenvalue weighted by atomic mass is 19.4. The van der Waals surface area contributed by atoms with Crippen LogP contribution in [0.3, 0.4) is 0 Å². The van der Waals surface area contributed by atoms with Gasteiger partial charge in [0.05, 0.1) is 6.54 Å². The van der Waals surface area contributed by atoms with Gasteiger partial charge in [-0.15, -0.1) is 6.42 Å². The molecule has 0 fully saturated rings. The molecule has 0 atom stereocenters. The third-order valence-electron chi connectivity index (χ3n) is 1.16. The van der Waals surface area contributed by atoms with Gasteiger partial charge in [-0.3, -0.25) is 4.79 Å². The maximum Gasteiger partial charge on any atom is 0.412 e. The van der Waals surface area contributed by atoms with Crippen LogP contribution < -0.4 is 5.32 Å². The lowest BCUT2D eigenvalue weighted by molar-refractivity contribution is -0.117. The topological polar surface area (TPSA) is 29.1 Å². The van der Waals surface area contributed by atoms with Crippen LogP contribution in [0.2, 0.25) is 0 Å². The standard InChI is InChI=1S/C8H8F3NO/c1-3-4-12-7(13)5-6(2)8(9,10)11/h1,5H,4H2,2H3,(H,12,13)/b6-5+. The highest BCUT2D eigenvalue weighted by Gasteiger charge is 2.30. The van der Waals surface area contributed by atoms with Crippen LogP contribution in [0.1, 0.15) is 6.92 Å². The summed E-state index contributed by atoms with van der Waals surface area (Å²) in [6, 6.07) is 0.